The Hall–Kier alpha value is -2.91. The maximum atomic E-state index is 12.4. The second-order valence-corrected chi connectivity index (χ2v) is 8.04. The Kier molecular flexibility index (Phi) is 6.27. The van der Waals surface area contributed by atoms with Crippen LogP contribution in [-0.4, -0.2) is 28.2 Å². The van der Waals surface area contributed by atoms with Crippen molar-refractivity contribution < 1.29 is 14.5 Å². The van der Waals surface area contributed by atoms with Gasteiger partial charge < -0.3 is 10.1 Å². The third kappa shape index (κ3) is 4.87. The van der Waals surface area contributed by atoms with E-state index < -0.39 is 4.92 Å². The number of nitrogens with zero attached hydrogens (tertiary/aromatic N) is 2. The van der Waals surface area contributed by atoms with Gasteiger partial charge in [-0.25, -0.2) is 4.98 Å². The van der Waals surface area contributed by atoms with Crippen LogP contribution in [0.4, 0.5) is 10.8 Å². The number of carbonyl (C=O) groups is 1. The predicted octanol–water partition coefficient (Wildman–Crippen LogP) is 4.85. The van der Waals surface area contributed by atoms with Gasteiger partial charge in [0, 0.05) is 28.0 Å². The molecule has 0 aliphatic heterocycles. The molecule has 0 unspecified atom stereocenters. The predicted molar refractivity (Wildman–Crippen MR) is 111 cm³/mol. The van der Waals surface area contributed by atoms with Gasteiger partial charge in [0.2, 0.25) is 5.91 Å². The zero-order chi connectivity index (χ0) is 20.1. The van der Waals surface area contributed by atoms with Crippen molar-refractivity contribution in [2.24, 2.45) is 0 Å². The molecule has 0 fully saturated rings. The van der Waals surface area contributed by atoms with Crippen LogP contribution in [0.25, 0.3) is 11.3 Å². The number of methoxy groups -OCH3 is 1. The number of nitrogens with one attached hydrogen (secondary N) is 1. The van der Waals surface area contributed by atoms with Crippen molar-refractivity contribution in [3.63, 3.8) is 0 Å². The standard InChI is InChI=1S/C19H17N3O4S2/c1-12(28-16-9-5-14(6-10-16)22(24)25)18(23)21-19-20-17(11-27-19)13-3-7-15(26-2)8-4-13/h3-12H,1-2H3,(H,20,21,23)/t12-/m0/s1. The molecule has 3 rings (SSSR count). The minimum absolute atomic E-state index is 0.0234. The summed E-state index contributed by atoms with van der Waals surface area (Å²) < 4.78 is 5.15. The Morgan fingerprint density at radius 3 is 2.50 bits per heavy atom. The summed E-state index contributed by atoms with van der Waals surface area (Å²) in [6.07, 6.45) is 0. The average molecular weight is 415 g/mol. The molecule has 0 saturated heterocycles. The first-order chi connectivity index (χ1) is 13.5. The number of thiazole rings is 1. The second kappa shape index (κ2) is 8.85. The third-order valence-electron chi connectivity index (χ3n) is 3.85. The Bertz CT molecular complexity index is 972. The van der Waals surface area contributed by atoms with Crippen LogP contribution in [0.2, 0.25) is 0 Å². The highest BCUT2D eigenvalue weighted by Gasteiger charge is 2.17. The van der Waals surface area contributed by atoms with E-state index in [0.29, 0.717) is 5.13 Å². The van der Waals surface area contributed by atoms with Crippen LogP contribution < -0.4 is 10.1 Å². The van der Waals surface area contributed by atoms with Crippen molar-refractivity contribution in [2.45, 2.75) is 17.1 Å². The summed E-state index contributed by atoms with van der Waals surface area (Å²) in [6.45, 7) is 1.78. The lowest BCUT2D eigenvalue weighted by Gasteiger charge is -2.10. The van der Waals surface area contributed by atoms with E-state index in [1.54, 1.807) is 26.2 Å². The van der Waals surface area contributed by atoms with Crippen molar-refractivity contribution in [2.75, 3.05) is 12.4 Å². The molecule has 1 amide bonds. The van der Waals surface area contributed by atoms with Crippen molar-refractivity contribution in [1.82, 2.24) is 4.98 Å². The summed E-state index contributed by atoms with van der Waals surface area (Å²) in [6, 6.07) is 13.7. The van der Waals surface area contributed by atoms with Gasteiger partial charge in [0.1, 0.15) is 5.75 Å². The van der Waals surface area contributed by atoms with Crippen molar-refractivity contribution >= 4 is 39.8 Å². The van der Waals surface area contributed by atoms with E-state index >= 15 is 0 Å². The molecule has 144 valence electrons. The molecular formula is C19H17N3O4S2. The summed E-state index contributed by atoms with van der Waals surface area (Å²) >= 11 is 2.68. The molecule has 0 spiro atoms. The molecule has 2 aromatic carbocycles. The first kappa shape index (κ1) is 19.8. The number of carbonyl (C=O) groups excluding carboxylic acids is 1. The number of rotatable bonds is 7. The highest BCUT2D eigenvalue weighted by molar-refractivity contribution is 8.00. The van der Waals surface area contributed by atoms with Crippen LogP contribution in [0.1, 0.15) is 6.92 Å². The maximum absolute atomic E-state index is 12.4. The lowest BCUT2D eigenvalue weighted by molar-refractivity contribution is -0.384. The van der Waals surface area contributed by atoms with Gasteiger partial charge in [-0.15, -0.1) is 23.1 Å². The number of aromatic nitrogens is 1. The largest absolute Gasteiger partial charge is 0.497 e. The van der Waals surface area contributed by atoms with Gasteiger partial charge in [-0.05, 0) is 43.3 Å². The van der Waals surface area contributed by atoms with E-state index in [9.17, 15) is 14.9 Å². The monoisotopic (exact) mass is 415 g/mol. The SMILES string of the molecule is COc1ccc(-c2csc(NC(=O)[C@H](C)Sc3ccc([N+](=O)[O-])cc3)n2)cc1. The molecule has 1 heterocycles. The summed E-state index contributed by atoms with van der Waals surface area (Å²) in [5.74, 6) is 0.587. The Labute approximate surface area is 169 Å². The average Bonchev–Trinajstić information content (AvgIpc) is 3.17. The normalized spacial score (nSPS) is 11.6. The number of amides is 1. The van der Waals surface area contributed by atoms with E-state index in [0.717, 1.165) is 21.9 Å². The highest BCUT2D eigenvalue weighted by Crippen LogP contribution is 2.29. The van der Waals surface area contributed by atoms with Gasteiger partial charge in [0.05, 0.1) is 23.0 Å². The molecular weight excluding hydrogens is 398 g/mol. The van der Waals surface area contributed by atoms with Gasteiger partial charge in [-0.3, -0.25) is 14.9 Å². The molecule has 0 saturated carbocycles. The van der Waals surface area contributed by atoms with Crippen LogP contribution in [0.15, 0.2) is 58.8 Å². The van der Waals surface area contributed by atoms with Gasteiger partial charge in [0.15, 0.2) is 5.13 Å². The number of hydrogen-bond acceptors (Lipinski definition) is 7. The van der Waals surface area contributed by atoms with Crippen LogP contribution in [-0.2, 0) is 4.79 Å². The molecule has 1 N–H and O–H groups in total. The number of anilines is 1. The summed E-state index contributed by atoms with van der Waals surface area (Å²) in [4.78, 5) is 27.9. The minimum Gasteiger partial charge on any atom is -0.497 e. The minimum atomic E-state index is -0.451. The summed E-state index contributed by atoms with van der Waals surface area (Å²) in [7, 11) is 1.61. The fourth-order valence-electron chi connectivity index (χ4n) is 2.34. The smallest absolute Gasteiger partial charge is 0.269 e. The lowest BCUT2D eigenvalue weighted by Crippen LogP contribution is -2.22. The Morgan fingerprint density at radius 2 is 1.89 bits per heavy atom. The first-order valence-corrected chi connectivity index (χ1v) is 10.0. The summed E-state index contributed by atoms with van der Waals surface area (Å²) in [5, 5.41) is 15.5. The van der Waals surface area contributed by atoms with Crippen LogP contribution >= 0.6 is 23.1 Å². The number of hydrogen-bond donors (Lipinski definition) is 1. The molecule has 0 aliphatic rings. The van der Waals surface area contributed by atoms with E-state index in [1.807, 2.05) is 29.6 Å². The molecule has 28 heavy (non-hydrogen) atoms. The highest BCUT2D eigenvalue weighted by atomic mass is 32.2. The van der Waals surface area contributed by atoms with Crippen molar-refractivity contribution in [3.05, 3.63) is 64.0 Å². The van der Waals surface area contributed by atoms with Crippen molar-refractivity contribution in [3.8, 4) is 17.0 Å². The lowest BCUT2D eigenvalue weighted by atomic mass is 10.2. The number of nitro benzene ring substituents is 1. The number of ether oxygens (including phenoxy) is 1. The van der Waals surface area contributed by atoms with Gasteiger partial charge >= 0.3 is 0 Å². The first-order valence-electron chi connectivity index (χ1n) is 8.28. The van der Waals surface area contributed by atoms with Crippen LogP contribution in [0.3, 0.4) is 0 Å². The van der Waals surface area contributed by atoms with E-state index in [4.69, 9.17) is 4.74 Å². The molecule has 0 bridgehead atoms. The van der Waals surface area contributed by atoms with E-state index in [1.165, 1.54) is 35.2 Å². The van der Waals surface area contributed by atoms with Crippen LogP contribution in [0, 0.1) is 10.1 Å². The topological polar surface area (TPSA) is 94.4 Å². The Balaban J connectivity index is 1.60. The number of benzene rings is 2. The zero-order valence-electron chi connectivity index (χ0n) is 15.1. The summed E-state index contributed by atoms with van der Waals surface area (Å²) in [5.41, 5.74) is 1.74. The number of thioether (sulfide) groups is 1. The van der Waals surface area contributed by atoms with E-state index in [2.05, 4.69) is 10.3 Å². The molecule has 0 aliphatic carbocycles. The fraction of sp³-hybridized carbons (Fsp3) is 0.158. The maximum Gasteiger partial charge on any atom is 0.269 e. The van der Waals surface area contributed by atoms with Crippen LogP contribution in [0.5, 0.6) is 5.75 Å². The molecule has 7 nitrogen and oxygen atoms in total. The van der Waals surface area contributed by atoms with Gasteiger partial charge in [-0.2, -0.15) is 0 Å². The quantitative estimate of drug-likeness (QED) is 0.337. The second-order valence-electron chi connectivity index (χ2n) is 5.77. The third-order valence-corrected chi connectivity index (χ3v) is 5.72. The number of nitro groups is 1. The molecule has 1 atom stereocenters. The van der Waals surface area contributed by atoms with E-state index in [-0.39, 0.29) is 16.8 Å². The number of non-ortho nitro benzene ring substituents is 1. The van der Waals surface area contributed by atoms with Gasteiger partial charge in [-0.1, -0.05) is 0 Å². The molecule has 1 aromatic heterocycles. The molecule has 3 aromatic rings. The zero-order valence-corrected chi connectivity index (χ0v) is 16.8. The Morgan fingerprint density at radius 1 is 1.21 bits per heavy atom. The molecule has 0 radical (unpaired) electrons. The van der Waals surface area contributed by atoms with Gasteiger partial charge in [0.25, 0.3) is 5.69 Å². The fourth-order valence-corrected chi connectivity index (χ4v) is 3.93. The van der Waals surface area contributed by atoms with Crippen molar-refractivity contribution in [1.29, 1.82) is 0 Å². The molecule has 9 heteroatoms.